The van der Waals surface area contributed by atoms with Gasteiger partial charge in [-0.2, -0.15) is 0 Å². The number of thioether (sulfide) groups is 1. The third-order valence-electron chi connectivity index (χ3n) is 5.89. The number of halogens is 1. The minimum absolute atomic E-state index is 0.0000975. The van der Waals surface area contributed by atoms with E-state index >= 15 is 0 Å². The fraction of sp³-hybridized carbons (Fsp3) is 0.269. The highest BCUT2D eigenvalue weighted by atomic mass is 79.9. The molecule has 1 amide bonds. The van der Waals surface area contributed by atoms with Crippen LogP contribution >= 0.6 is 27.7 Å². The SMILES string of the molecule is Cc1cccc(/N=C2/S/C(=C/c3ccc(-c4ccc(Br)cc4)o3)C(=O)N2C2CCCCC2)n1. The second-order valence-electron chi connectivity index (χ2n) is 8.32. The highest BCUT2D eigenvalue weighted by Gasteiger charge is 2.39. The van der Waals surface area contributed by atoms with Crippen molar-refractivity contribution < 1.29 is 9.21 Å². The summed E-state index contributed by atoms with van der Waals surface area (Å²) in [6, 6.07) is 17.8. The number of aliphatic imine (C=N–C) groups is 1. The maximum Gasteiger partial charge on any atom is 0.267 e. The van der Waals surface area contributed by atoms with E-state index in [1.165, 1.54) is 18.2 Å². The highest BCUT2D eigenvalue weighted by molar-refractivity contribution is 9.10. The van der Waals surface area contributed by atoms with Gasteiger partial charge in [0.1, 0.15) is 11.5 Å². The first-order valence-corrected chi connectivity index (χ1v) is 12.8. The maximum absolute atomic E-state index is 13.5. The molecular weight excluding hydrogens is 498 g/mol. The number of amides is 1. The molecule has 1 saturated carbocycles. The number of furan rings is 1. The van der Waals surface area contributed by atoms with E-state index in [2.05, 4.69) is 20.9 Å². The number of hydrogen-bond acceptors (Lipinski definition) is 5. The Morgan fingerprint density at radius 1 is 1.09 bits per heavy atom. The first-order valence-electron chi connectivity index (χ1n) is 11.2. The van der Waals surface area contributed by atoms with E-state index in [4.69, 9.17) is 9.41 Å². The molecule has 7 heteroatoms. The minimum atomic E-state index is -0.0000975. The lowest BCUT2D eigenvalue weighted by Crippen LogP contribution is -2.40. The zero-order valence-electron chi connectivity index (χ0n) is 18.3. The number of aryl methyl sites for hydroxylation is 1. The molecule has 5 nitrogen and oxygen atoms in total. The quantitative estimate of drug-likeness (QED) is 0.336. The minimum Gasteiger partial charge on any atom is -0.457 e. The van der Waals surface area contributed by atoms with Crippen LogP contribution in [0.3, 0.4) is 0 Å². The van der Waals surface area contributed by atoms with Crippen molar-refractivity contribution in [3.8, 4) is 11.3 Å². The maximum atomic E-state index is 13.5. The van der Waals surface area contributed by atoms with Crippen molar-refractivity contribution in [2.45, 2.75) is 45.1 Å². The summed E-state index contributed by atoms with van der Waals surface area (Å²) in [6.07, 6.45) is 7.36. The Labute approximate surface area is 206 Å². The van der Waals surface area contributed by atoms with Crippen molar-refractivity contribution in [3.63, 3.8) is 0 Å². The van der Waals surface area contributed by atoms with Gasteiger partial charge < -0.3 is 4.42 Å². The number of pyridine rings is 1. The van der Waals surface area contributed by atoms with E-state index in [1.807, 2.05) is 72.5 Å². The smallest absolute Gasteiger partial charge is 0.267 e. The van der Waals surface area contributed by atoms with Crippen molar-refractivity contribution in [2.75, 3.05) is 0 Å². The van der Waals surface area contributed by atoms with Gasteiger partial charge in [0.25, 0.3) is 5.91 Å². The number of amidine groups is 1. The zero-order valence-corrected chi connectivity index (χ0v) is 20.7. The van der Waals surface area contributed by atoms with E-state index < -0.39 is 0 Å². The number of carbonyl (C=O) groups excluding carboxylic acids is 1. The van der Waals surface area contributed by atoms with Crippen molar-refractivity contribution in [1.29, 1.82) is 0 Å². The Balaban J connectivity index is 1.46. The molecule has 0 spiro atoms. The summed E-state index contributed by atoms with van der Waals surface area (Å²) in [5.74, 6) is 2.05. The van der Waals surface area contributed by atoms with Gasteiger partial charge in [-0.3, -0.25) is 9.69 Å². The van der Waals surface area contributed by atoms with Gasteiger partial charge in [-0.1, -0.05) is 53.4 Å². The summed E-state index contributed by atoms with van der Waals surface area (Å²) in [5.41, 5.74) is 1.90. The molecule has 2 aliphatic rings. The summed E-state index contributed by atoms with van der Waals surface area (Å²) in [4.78, 5) is 25.3. The zero-order chi connectivity index (χ0) is 22.8. The number of hydrogen-bond donors (Lipinski definition) is 0. The Kier molecular flexibility index (Phi) is 6.51. The average Bonchev–Trinajstić information content (AvgIpc) is 3.40. The monoisotopic (exact) mass is 521 g/mol. The van der Waals surface area contributed by atoms with Crippen molar-refractivity contribution in [3.05, 3.63) is 75.4 Å². The molecule has 0 bridgehead atoms. The summed E-state index contributed by atoms with van der Waals surface area (Å²) >= 11 is 4.86. The first kappa shape index (κ1) is 22.2. The third kappa shape index (κ3) is 4.99. The first-order chi connectivity index (χ1) is 16.1. The molecule has 168 valence electrons. The van der Waals surface area contributed by atoms with Crippen LogP contribution in [-0.2, 0) is 4.79 Å². The molecule has 1 saturated heterocycles. The average molecular weight is 522 g/mol. The van der Waals surface area contributed by atoms with E-state index in [1.54, 1.807) is 0 Å². The molecule has 3 aromatic rings. The second-order valence-corrected chi connectivity index (χ2v) is 10.2. The second kappa shape index (κ2) is 9.69. The van der Waals surface area contributed by atoms with Gasteiger partial charge in [0.2, 0.25) is 0 Å². The fourth-order valence-electron chi connectivity index (χ4n) is 4.24. The van der Waals surface area contributed by atoms with Crippen LogP contribution in [0.1, 0.15) is 43.6 Å². The topological polar surface area (TPSA) is 58.7 Å². The number of aromatic nitrogens is 1. The van der Waals surface area contributed by atoms with E-state index in [-0.39, 0.29) is 11.9 Å². The third-order valence-corrected chi connectivity index (χ3v) is 7.40. The Bertz CT molecular complexity index is 1230. The van der Waals surface area contributed by atoms with Crippen LogP contribution in [0, 0.1) is 6.92 Å². The van der Waals surface area contributed by atoms with Gasteiger partial charge >= 0.3 is 0 Å². The number of rotatable bonds is 4. The van der Waals surface area contributed by atoms with E-state index in [9.17, 15) is 4.79 Å². The van der Waals surface area contributed by atoms with Gasteiger partial charge in [-0.15, -0.1) is 0 Å². The highest BCUT2D eigenvalue weighted by Crippen LogP contribution is 2.38. The number of benzene rings is 1. The Morgan fingerprint density at radius 2 is 1.88 bits per heavy atom. The van der Waals surface area contributed by atoms with Crippen LogP contribution < -0.4 is 0 Å². The van der Waals surface area contributed by atoms with Gasteiger partial charge in [0.15, 0.2) is 11.0 Å². The van der Waals surface area contributed by atoms with Crippen LogP contribution in [0.2, 0.25) is 0 Å². The molecule has 0 radical (unpaired) electrons. The van der Waals surface area contributed by atoms with Crippen LogP contribution in [0.25, 0.3) is 17.4 Å². The van der Waals surface area contributed by atoms with Crippen molar-refractivity contribution in [2.24, 2.45) is 4.99 Å². The molecule has 1 aliphatic carbocycles. The Morgan fingerprint density at radius 3 is 2.64 bits per heavy atom. The standard InChI is InChI=1S/C26H24BrN3O2S/c1-17-6-5-9-24(28-17)29-26-30(20-7-3-2-4-8-20)25(31)23(33-26)16-21-14-15-22(32-21)18-10-12-19(27)13-11-18/h5-6,9-16,20H,2-4,7-8H2,1H3/b23-16+,29-26+. The molecule has 33 heavy (non-hydrogen) atoms. The van der Waals surface area contributed by atoms with Gasteiger partial charge in [-0.05, 0) is 67.9 Å². The molecule has 1 aliphatic heterocycles. The van der Waals surface area contributed by atoms with Crippen molar-refractivity contribution in [1.82, 2.24) is 9.88 Å². The van der Waals surface area contributed by atoms with Gasteiger partial charge in [0.05, 0.1) is 4.91 Å². The van der Waals surface area contributed by atoms with E-state index in [0.29, 0.717) is 21.7 Å². The molecular formula is C26H24BrN3O2S. The van der Waals surface area contributed by atoms with Crippen LogP contribution in [0.15, 0.2) is 73.4 Å². The molecule has 0 N–H and O–H groups in total. The largest absolute Gasteiger partial charge is 0.457 e. The lowest BCUT2D eigenvalue weighted by molar-refractivity contribution is -0.124. The van der Waals surface area contributed by atoms with Crippen LogP contribution in [0.5, 0.6) is 0 Å². The predicted molar refractivity (Wildman–Crippen MR) is 137 cm³/mol. The molecule has 0 atom stereocenters. The molecule has 3 heterocycles. The summed E-state index contributed by atoms with van der Waals surface area (Å²) in [5, 5.41) is 0.705. The lowest BCUT2D eigenvalue weighted by Gasteiger charge is -2.30. The molecule has 1 aromatic carbocycles. The number of carbonyl (C=O) groups is 1. The van der Waals surface area contributed by atoms with Gasteiger partial charge in [0, 0.05) is 27.8 Å². The summed E-state index contributed by atoms with van der Waals surface area (Å²) < 4.78 is 7.06. The Hall–Kier alpha value is -2.64. The van der Waals surface area contributed by atoms with Gasteiger partial charge in [-0.25, -0.2) is 9.98 Å². The normalized spacial score (nSPS) is 19.7. The van der Waals surface area contributed by atoms with Crippen LogP contribution in [-0.4, -0.2) is 27.0 Å². The molecule has 2 aromatic heterocycles. The molecule has 0 unspecified atom stereocenters. The van der Waals surface area contributed by atoms with Crippen molar-refractivity contribution >= 4 is 50.7 Å². The molecule has 5 rings (SSSR count). The predicted octanol–water partition coefficient (Wildman–Crippen LogP) is 7.35. The summed E-state index contributed by atoms with van der Waals surface area (Å²) in [7, 11) is 0. The summed E-state index contributed by atoms with van der Waals surface area (Å²) in [6.45, 7) is 1.95. The van der Waals surface area contributed by atoms with Crippen LogP contribution in [0.4, 0.5) is 5.82 Å². The molecule has 2 fully saturated rings. The number of nitrogens with zero attached hydrogens (tertiary/aromatic N) is 3. The lowest BCUT2D eigenvalue weighted by atomic mass is 9.94. The van der Waals surface area contributed by atoms with E-state index in [0.717, 1.165) is 47.2 Å². The fourth-order valence-corrected chi connectivity index (χ4v) is 5.54.